The first-order valence-corrected chi connectivity index (χ1v) is 7.68. The molecular formula is C17H25NO. The van der Waals surface area contributed by atoms with Crippen molar-refractivity contribution in [3.63, 3.8) is 0 Å². The highest BCUT2D eigenvalue weighted by Crippen LogP contribution is 2.43. The van der Waals surface area contributed by atoms with Crippen LogP contribution in [0.2, 0.25) is 0 Å². The van der Waals surface area contributed by atoms with Gasteiger partial charge in [-0.25, -0.2) is 0 Å². The smallest absolute Gasteiger partial charge is 0.0875 e. The van der Waals surface area contributed by atoms with Gasteiger partial charge in [0.1, 0.15) is 0 Å². The predicted octanol–water partition coefficient (Wildman–Crippen LogP) is 3.60. The molecule has 1 aromatic rings. The van der Waals surface area contributed by atoms with Gasteiger partial charge in [-0.3, -0.25) is 0 Å². The second kappa shape index (κ2) is 4.82. The van der Waals surface area contributed by atoms with Crippen molar-refractivity contribution in [1.82, 2.24) is 0 Å². The molecule has 4 unspecified atom stereocenters. The molecule has 19 heavy (non-hydrogen) atoms. The van der Waals surface area contributed by atoms with E-state index in [0.29, 0.717) is 11.8 Å². The quantitative estimate of drug-likeness (QED) is 0.807. The van der Waals surface area contributed by atoms with Gasteiger partial charge in [0, 0.05) is 5.69 Å². The second-order valence-corrected chi connectivity index (χ2v) is 6.54. The van der Waals surface area contributed by atoms with E-state index < -0.39 is 5.60 Å². The van der Waals surface area contributed by atoms with Crippen LogP contribution in [0, 0.1) is 11.8 Å². The van der Waals surface area contributed by atoms with Crippen LogP contribution in [-0.2, 0) is 6.42 Å². The van der Waals surface area contributed by atoms with Crippen LogP contribution in [0.15, 0.2) is 24.3 Å². The molecule has 104 valence electrons. The third-order valence-corrected chi connectivity index (χ3v) is 5.53. The third-order valence-electron chi connectivity index (χ3n) is 5.53. The Kier molecular flexibility index (Phi) is 3.30. The minimum Gasteiger partial charge on any atom is -0.387 e. The molecule has 3 rings (SSSR count). The monoisotopic (exact) mass is 259 g/mol. The van der Waals surface area contributed by atoms with Crippen LogP contribution < -0.4 is 5.32 Å². The minimum absolute atomic E-state index is 0.208. The number of fused-ring (bicyclic) bond motifs is 1. The SMILES string of the molecule is CC1CCCC(O)(C2CCc3ccccc3N2)C1C. The van der Waals surface area contributed by atoms with E-state index in [9.17, 15) is 5.11 Å². The van der Waals surface area contributed by atoms with Crippen LogP contribution in [0.4, 0.5) is 5.69 Å². The summed E-state index contributed by atoms with van der Waals surface area (Å²) in [7, 11) is 0. The predicted molar refractivity (Wildman–Crippen MR) is 79.3 cm³/mol. The Labute approximate surface area is 116 Å². The van der Waals surface area contributed by atoms with Crippen molar-refractivity contribution < 1.29 is 5.11 Å². The maximum Gasteiger partial charge on any atom is 0.0875 e. The summed E-state index contributed by atoms with van der Waals surface area (Å²) >= 11 is 0. The lowest BCUT2D eigenvalue weighted by molar-refractivity contribution is -0.0785. The Hall–Kier alpha value is -1.02. The maximum atomic E-state index is 11.2. The first-order chi connectivity index (χ1) is 9.11. The van der Waals surface area contributed by atoms with E-state index in [2.05, 4.69) is 43.4 Å². The lowest BCUT2D eigenvalue weighted by Crippen LogP contribution is -2.56. The second-order valence-electron chi connectivity index (χ2n) is 6.54. The van der Waals surface area contributed by atoms with Gasteiger partial charge in [-0.2, -0.15) is 0 Å². The number of nitrogens with one attached hydrogen (secondary N) is 1. The van der Waals surface area contributed by atoms with Gasteiger partial charge in [0.05, 0.1) is 11.6 Å². The fourth-order valence-corrected chi connectivity index (χ4v) is 3.98. The highest BCUT2D eigenvalue weighted by Gasteiger charge is 2.46. The molecule has 4 atom stereocenters. The molecule has 0 saturated heterocycles. The molecule has 2 nitrogen and oxygen atoms in total. The summed E-state index contributed by atoms with van der Waals surface area (Å²) in [5, 5.41) is 14.8. The highest BCUT2D eigenvalue weighted by atomic mass is 16.3. The number of aryl methyl sites for hydroxylation is 1. The van der Waals surface area contributed by atoms with Crippen LogP contribution in [0.25, 0.3) is 0 Å². The number of anilines is 1. The molecule has 1 aliphatic heterocycles. The molecule has 1 aromatic carbocycles. The van der Waals surface area contributed by atoms with Crippen molar-refractivity contribution in [3.05, 3.63) is 29.8 Å². The number of aliphatic hydroxyl groups is 1. The van der Waals surface area contributed by atoms with Crippen molar-refractivity contribution in [1.29, 1.82) is 0 Å². The lowest BCUT2D eigenvalue weighted by atomic mass is 9.66. The van der Waals surface area contributed by atoms with Crippen LogP contribution in [-0.4, -0.2) is 16.7 Å². The standard InChI is InChI=1S/C17H25NO/c1-12-6-5-11-17(19,13(12)2)16-10-9-14-7-3-4-8-15(14)18-16/h3-4,7-8,12-13,16,18-19H,5-6,9-11H2,1-2H3. The maximum absolute atomic E-state index is 11.2. The van der Waals surface area contributed by atoms with Crippen LogP contribution >= 0.6 is 0 Å². The molecule has 1 heterocycles. The van der Waals surface area contributed by atoms with Gasteiger partial charge in [-0.05, 0) is 42.7 Å². The normalized spacial score (nSPS) is 38.4. The van der Waals surface area contributed by atoms with Gasteiger partial charge in [-0.15, -0.1) is 0 Å². The Morgan fingerprint density at radius 3 is 2.84 bits per heavy atom. The lowest BCUT2D eigenvalue weighted by Gasteiger charge is -2.48. The highest BCUT2D eigenvalue weighted by molar-refractivity contribution is 5.54. The van der Waals surface area contributed by atoms with E-state index in [1.165, 1.54) is 17.7 Å². The minimum atomic E-state index is -0.537. The molecule has 2 heteroatoms. The molecule has 1 aliphatic carbocycles. The van der Waals surface area contributed by atoms with Crippen molar-refractivity contribution in [2.24, 2.45) is 11.8 Å². The summed E-state index contributed by atoms with van der Waals surface area (Å²) in [4.78, 5) is 0. The fraction of sp³-hybridized carbons (Fsp3) is 0.647. The molecule has 2 aliphatic rings. The van der Waals surface area contributed by atoms with Gasteiger partial charge in [0.15, 0.2) is 0 Å². The molecule has 1 saturated carbocycles. The topological polar surface area (TPSA) is 32.3 Å². The van der Waals surface area contributed by atoms with Gasteiger partial charge in [-0.1, -0.05) is 44.9 Å². The molecule has 0 amide bonds. The zero-order valence-electron chi connectivity index (χ0n) is 12.0. The van der Waals surface area contributed by atoms with E-state index >= 15 is 0 Å². The summed E-state index contributed by atoms with van der Waals surface area (Å²) in [6.45, 7) is 4.51. The average molecular weight is 259 g/mol. The Morgan fingerprint density at radius 1 is 1.21 bits per heavy atom. The number of hydrogen-bond donors (Lipinski definition) is 2. The molecule has 2 N–H and O–H groups in total. The van der Waals surface area contributed by atoms with Crippen LogP contribution in [0.3, 0.4) is 0 Å². The first kappa shape index (κ1) is 13.0. The van der Waals surface area contributed by atoms with Gasteiger partial charge < -0.3 is 10.4 Å². The molecule has 0 spiro atoms. The third kappa shape index (κ3) is 2.16. The summed E-state index contributed by atoms with van der Waals surface area (Å²) in [5.74, 6) is 1.00. The molecule has 1 fully saturated rings. The number of rotatable bonds is 1. The van der Waals surface area contributed by atoms with E-state index in [-0.39, 0.29) is 6.04 Å². The van der Waals surface area contributed by atoms with Crippen LogP contribution in [0.1, 0.15) is 45.1 Å². The van der Waals surface area contributed by atoms with Gasteiger partial charge in [0.25, 0.3) is 0 Å². The first-order valence-electron chi connectivity index (χ1n) is 7.68. The Morgan fingerprint density at radius 2 is 2.00 bits per heavy atom. The van der Waals surface area contributed by atoms with E-state index in [1.54, 1.807) is 0 Å². The molecule has 0 bridgehead atoms. The zero-order chi connectivity index (χ0) is 13.5. The molecule has 0 aromatic heterocycles. The Balaban J connectivity index is 1.84. The summed E-state index contributed by atoms with van der Waals surface area (Å²) in [6.07, 6.45) is 5.48. The van der Waals surface area contributed by atoms with E-state index in [4.69, 9.17) is 0 Å². The average Bonchev–Trinajstić information content (AvgIpc) is 2.44. The largest absolute Gasteiger partial charge is 0.387 e. The van der Waals surface area contributed by atoms with Crippen molar-refractivity contribution >= 4 is 5.69 Å². The number of hydrogen-bond acceptors (Lipinski definition) is 2. The van der Waals surface area contributed by atoms with Gasteiger partial charge in [0.2, 0.25) is 0 Å². The summed E-state index contributed by atoms with van der Waals surface area (Å²) < 4.78 is 0. The number of para-hydroxylation sites is 1. The molecular weight excluding hydrogens is 234 g/mol. The van der Waals surface area contributed by atoms with Crippen molar-refractivity contribution in [2.75, 3.05) is 5.32 Å². The van der Waals surface area contributed by atoms with Crippen molar-refractivity contribution in [2.45, 2.75) is 57.6 Å². The fourth-order valence-electron chi connectivity index (χ4n) is 3.98. The zero-order valence-corrected chi connectivity index (χ0v) is 12.0. The van der Waals surface area contributed by atoms with E-state index in [1.807, 2.05) is 0 Å². The Bertz CT molecular complexity index is 458. The van der Waals surface area contributed by atoms with Crippen molar-refractivity contribution in [3.8, 4) is 0 Å². The van der Waals surface area contributed by atoms with E-state index in [0.717, 1.165) is 25.7 Å². The van der Waals surface area contributed by atoms with Crippen LogP contribution in [0.5, 0.6) is 0 Å². The number of benzene rings is 1. The summed E-state index contributed by atoms with van der Waals surface area (Å²) in [5.41, 5.74) is 2.07. The molecule has 0 radical (unpaired) electrons. The summed E-state index contributed by atoms with van der Waals surface area (Å²) in [6, 6.07) is 8.71. The van der Waals surface area contributed by atoms with Gasteiger partial charge >= 0.3 is 0 Å².